The molecule has 4 N–H and O–H groups in total. The molecule has 4 aromatic rings. The van der Waals surface area contributed by atoms with E-state index in [1.165, 1.54) is 6.20 Å². The quantitative estimate of drug-likeness (QED) is 0.431. The number of nitrogens with one attached hydrogen (secondary N) is 2. The average Bonchev–Trinajstić information content (AvgIpc) is 3.47. The van der Waals surface area contributed by atoms with Gasteiger partial charge in [-0.15, -0.1) is 11.3 Å². The number of hydrogen-bond acceptors (Lipinski definition) is 7. The highest BCUT2D eigenvalue weighted by Crippen LogP contribution is 2.35. The molecule has 12 heteroatoms. The van der Waals surface area contributed by atoms with Gasteiger partial charge in [-0.25, -0.2) is 9.99 Å². The molecule has 2 amide bonds. The van der Waals surface area contributed by atoms with Crippen molar-refractivity contribution in [1.82, 2.24) is 40.0 Å². The van der Waals surface area contributed by atoms with Crippen molar-refractivity contribution in [2.24, 2.45) is 12.8 Å². The van der Waals surface area contributed by atoms with Crippen LogP contribution in [0.1, 0.15) is 42.8 Å². The molecule has 0 unspecified atom stereocenters. The summed E-state index contributed by atoms with van der Waals surface area (Å²) in [4.78, 5) is 29.7. The summed E-state index contributed by atoms with van der Waals surface area (Å²) in [5, 5.41) is 18.1. The Kier molecular flexibility index (Phi) is 4.18. The normalized spacial score (nSPS) is 14.6. The van der Waals surface area contributed by atoms with Crippen LogP contribution in [0.2, 0.25) is 0 Å². The van der Waals surface area contributed by atoms with Crippen LogP contribution < -0.4 is 5.73 Å². The summed E-state index contributed by atoms with van der Waals surface area (Å²) in [6, 6.07) is 1.92. The monoisotopic (exact) mass is 425 g/mol. The van der Waals surface area contributed by atoms with Gasteiger partial charge in [-0.1, -0.05) is 0 Å². The number of aromatic amines is 2. The number of hydrazine groups is 1. The topological polar surface area (TPSA) is 142 Å². The van der Waals surface area contributed by atoms with E-state index in [0.29, 0.717) is 24.4 Å². The smallest absolute Gasteiger partial charge is 0.285 e. The lowest BCUT2D eigenvalue weighted by atomic mass is 10.1. The maximum absolute atomic E-state index is 13.3. The number of primary amides is 1. The highest BCUT2D eigenvalue weighted by Gasteiger charge is 2.35. The van der Waals surface area contributed by atoms with Crippen molar-refractivity contribution in [3.8, 4) is 0 Å². The molecule has 0 spiro atoms. The minimum atomic E-state index is -0.584. The lowest BCUT2D eigenvalue weighted by Crippen LogP contribution is -2.47. The maximum Gasteiger partial charge on any atom is 0.285 e. The summed E-state index contributed by atoms with van der Waals surface area (Å²) in [5.74, 6) is -0.752. The van der Waals surface area contributed by atoms with Crippen molar-refractivity contribution in [3.63, 3.8) is 0 Å². The number of amides is 2. The molecule has 154 valence electrons. The predicted octanol–water partition coefficient (Wildman–Crippen LogP) is 0.774. The molecule has 0 atom stereocenters. The van der Waals surface area contributed by atoms with Crippen LogP contribution in [0, 0.1) is 0 Å². The molecule has 0 fully saturated rings. The van der Waals surface area contributed by atoms with Crippen molar-refractivity contribution in [2.45, 2.75) is 19.5 Å². The summed E-state index contributed by atoms with van der Waals surface area (Å²) >= 11 is 1.59. The van der Waals surface area contributed by atoms with E-state index in [-0.39, 0.29) is 18.0 Å². The SMILES string of the molecule is CN1Cc2c(n(C)c3nc(Cc4cc[nH]n4)sc23)C(=O)N1Cc1n[nH]cc1C(N)=O. The van der Waals surface area contributed by atoms with Gasteiger partial charge in [0.05, 0.1) is 28.2 Å². The Bertz CT molecular complexity index is 1270. The zero-order valence-corrected chi connectivity index (χ0v) is 17.2. The summed E-state index contributed by atoms with van der Waals surface area (Å²) in [5.41, 5.74) is 9.38. The molecule has 0 aromatic carbocycles. The molecule has 0 radical (unpaired) electrons. The van der Waals surface area contributed by atoms with Crippen LogP contribution in [-0.2, 0) is 26.6 Å². The molecule has 11 nitrogen and oxygen atoms in total. The maximum atomic E-state index is 13.3. The Labute approximate surface area is 174 Å². The van der Waals surface area contributed by atoms with E-state index in [9.17, 15) is 9.59 Å². The third kappa shape index (κ3) is 2.80. The van der Waals surface area contributed by atoms with E-state index in [4.69, 9.17) is 10.7 Å². The largest absolute Gasteiger partial charge is 0.365 e. The van der Waals surface area contributed by atoms with E-state index in [1.54, 1.807) is 22.5 Å². The van der Waals surface area contributed by atoms with Gasteiger partial charge in [-0.3, -0.25) is 24.8 Å². The second kappa shape index (κ2) is 6.78. The average molecular weight is 425 g/mol. The van der Waals surface area contributed by atoms with Crippen molar-refractivity contribution in [2.75, 3.05) is 7.05 Å². The van der Waals surface area contributed by atoms with Gasteiger partial charge in [-0.05, 0) is 6.07 Å². The lowest BCUT2D eigenvalue weighted by Gasteiger charge is -2.35. The number of rotatable bonds is 5. The Morgan fingerprint density at radius 2 is 2.13 bits per heavy atom. The van der Waals surface area contributed by atoms with Crippen LogP contribution in [-0.4, -0.2) is 58.8 Å². The number of carbonyl (C=O) groups excluding carboxylic acids is 2. The Balaban J connectivity index is 1.49. The van der Waals surface area contributed by atoms with Crippen LogP contribution in [0.25, 0.3) is 10.3 Å². The molecular formula is C18H19N9O2S. The Morgan fingerprint density at radius 3 is 2.87 bits per heavy atom. The van der Waals surface area contributed by atoms with Gasteiger partial charge >= 0.3 is 0 Å². The van der Waals surface area contributed by atoms with Crippen molar-refractivity contribution >= 4 is 33.5 Å². The molecule has 5 heterocycles. The fraction of sp³-hybridized carbons (Fsp3) is 0.278. The summed E-state index contributed by atoms with van der Waals surface area (Å²) in [6.07, 6.45) is 3.87. The minimum Gasteiger partial charge on any atom is -0.365 e. The Morgan fingerprint density at radius 1 is 1.30 bits per heavy atom. The van der Waals surface area contributed by atoms with Crippen LogP contribution in [0.5, 0.6) is 0 Å². The van der Waals surface area contributed by atoms with Gasteiger partial charge in [0.15, 0.2) is 5.65 Å². The first kappa shape index (κ1) is 18.5. The van der Waals surface area contributed by atoms with E-state index in [1.807, 2.05) is 29.7 Å². The fourth-order valence-electron chi connectivity index (χ4n) is 3.81. The van der Waals surface area contributed by atoms with E-state index < -0.39 is 5.91 Å². The van der Waals surface area contributed by atoms with Crippen molar-refractivity contribution < 1.29 is 9.59 Å². The molecule has 0 saturated carbocycles. The predicted molar refractivity (Wildman–Crippen MR) is 108 cm³/mol. The molecule has 0 aliphatic carbocycles. The van der Waals surface area contributed by atoms with Gasteiger partial charge < -0.3 is 10.3 Å². The first-order valence-corrected chi connectivity index (χ1v) is 10.1. The summed E-state index contributed by atoms with van der Waals surface area (Å²) in [7, 11) is 3.69. The fourth-order valence-corrected chi connectivity index (χ4v) is 4.96. The number of fused-ring (bicyclic) bond motifs is 3. The highest BCUT2D eigenvalue weighted by molar-refractivity contribution is 7.18. The van der Waals surface area contributed by atoms with Crippen LogP contribution >= 0.6 is 11.3 Å². The molecule has 1 aliphatic rings. The second-order valence-electron chi connectivity index (χ2n) is 7.18. The van der Waals surface area contributed by atoms with Gasteiger partial charge in [0.25, 0.3) is 11.8 Å². The summed E-state index contributed by atoms with van der Waals surface area (Å²) in [6.45, 7) is 0.686. The number of thiazole rings is 1. The molecule has 30 heavy (non-hydrogen) atoms. The van der Waals surface area contributed by atoms with Gasteiger partial charge in [0.1, 0.15) is 10.7 Å². The highest BCUT2D eigenvalue weighted by atomic mass is 32.1. The standard InChI is InChI=1S/C18H19N9O2S/c1-25-7-11-14(18(29)27(25)8-12-10(16(19)28)6-21-24-12)26(2)17-15(11)30-13(22-17)5-9-3-4-20-23-9/h3-4,6H,5,7-8H2,1-2H3,(H2,19,28)(H,20,23)(H,21,24). The number of nitrogens with zero attached hydrogens (tertiary/aromatic N) is 6. The van der Waals surface area contributed by atoms with Gasteiger partial charge in [0, 0.05) is 45.0 Å². The molecule has 4 aromatic heterocycles. The zero-order valence-electron chi connectivity index (χ0n) is 16.3. The van der Waals surface area contributed by atoms with Crippen molar-refractivity contribution in [1.29, 1.82) is 0 Å². The molecule has 0 saturated heterocycles. The van der Waals surface area contributed by atoms with Crippen LogP contribution in [0.15, 0.2) is 18.5 Å². The zero-order chi connectivity index (χ0) is 21.0. The third-order valence-corrected chi connectivity index (χ3v) is 6.38. The van der Waals surface area contributed by atoms with E-state index >= 15 is 0 Å². The third-order valence-electron chi connectivity index (χ3n) is 5.28. The van der Waals surface area contributed by atoms with Crippen molar-refractivity contribution in [3.05, 3.63) is 51.7 Å². The number of carbonyl (C=O) groups is 2. The minimum absolute atomic E-state index is 0.146. The Hall–Kier alpha value is -3.51. The number of aryl methyl sites for hydroxylation is 1. The number of H-pyrrole nitrogens is 2. The number of nitrogens with two attached hydrogens (primary N) is 1. The van der Waals surface area contributed by atoms with Gasteiger partial charge in [-0.2, -0.15) is 10.2 Å². The molecule has 0 bridgehead atoms. The first-order valence-electron chi connectivity index (χ1n) is 9.25. The molecule has 1 aliphatic heterocycles. The lowest BCUT2D eigenvalue weighted by molar-refractivity contribution is -0.0124. The summed E-state index contributed by atoms with van der Waals surface area (Å²) < 4.78 is 2.85. The van der Waals surface area contributed by atoms with Crippen LogP contribution in [0.3, 0.4) is 0 Å². The van der Waals surface area contributed by atoms with Gasteiger partial charge in [0.2, 0.25) is 0 Å². The van der Waals surface area contributed by atoms with E-state index in [0.717, 1.165) is 26.6 Å². The molecular weight excluding hydrogens is 406 g/mol. The first-order chi connectivity index (χ1) is 14.4. The number of hydrogen-bond donors (Lipinski definition) is 3. The second-order valence-corrected chi connectivity index (χ2v) is 8.26. The number of aromatic nitrogens is 6. The van der Waals surface area contributed by atoms with Crippen LogP contribution in [0.4, 0.5) is 0 Å². The van der Waals surface area contributed by atoms with E-state index in [2.05, 4.69) is 20.4 Å². The molecule has 5 rings (SSSR count).